The van der Waals surface area contributed by atoms with Gasteiger partial charge in [-0.2, -0.15) is 0 Å². The van der Waals surface area contributed by atoms with Gasteiger partial charge >= 0.3 is 131 Å². The van der Waals surface area contributed by atoms with Crippen molar-refractivity contribution in [1.29, 1.82) is 0 Å². The molecule has 0 bridgehead atoms. The molecule has 20 heavy (non-hydrogen) atoms. The Morgan fingerprint density at radius 1 is 0.500 bits per heavy atom. The molecule has 0 N–H and O–H groups in total. The van der Waals surface area contributed by atoms with Crippen molar-refractivity contribution in [2.24, 2.45) is 0 Å². The Morgan fingerprint density at radius 3 is 1.35 bits per heavy atom. The summed E-state index contributed by atoms with van der Waals surface area (Å²) in [6, 6.07) is 32.8. The fraction of sp³-hybridized carbons (Fsp3) is 0. The number of rotatable bonds is 4. The van der Waals surface area contributed by atoms with Crippen molar-refractivity contribution < 1.29 is 0 Å². The van der Waals surface area contributed by atoms with Crippen LogP contribution in [0.15, 0.2) is 95.9 Å². The minimum atomic E-state index is -2.00. The van der Waals surface area contributed by atoms with Gasteiger partial charge in [0.25, 0.3) is 0 Å². The first kappa shape index (κ1) is 13.9. The second-order valence-electron chi connectivity index (χ2n) is 4.37. The molecule has 0 radical (unpaired) electrons. The summed E-state index contributed by atoms with van der Waals surface area (Å²) < 4.78 is 3.09. The Bertz CT molecular complexity index is 599. The first-order chi connectivity index (χ1) is 9.93. The number of hydrogen-bond acceptors (Lipinski definition) is 1. The molecule has 0 fully saturated rings. The summed E-state index contributed by atoms with van der Waals surface area (Å²) in [4.78, 5) is 1.39. The Hall–Kier alpha value is -1.11. The molecule has 3 rings (SSSR count). The first-order valence-corrected chi connectivity index (χ1v) is 15.1. The van der Waals surface area contributed by atoms with Gasteiger partial charge < -0.3 is 0 Å². The molecule has 0 aliphatic heterocycles. The average molecular weight is 472 g/mol. The van der Waals surface area contributed by atoms with E-state index in [1.165, 1.54) is 4.90 Å². The van der Waals surface area contributed by atoms with E-state index in [0.717, 1.165) is 0 Å². The second-order valence-corrected chi connectivity index (χ2v) is 16.7. The Balaban J connectivity index is 1.96. The van der Waals surface area contributed by atoms with Gasteiger partial charge in [-0.05, 0) is 0 Å². The fourth-order valence-electron chi connectivity index (χ4n) is 1.97. The molecule has 0 amide bonds. The van der Waals surface area contributed by atoms with Crippen molar-refractivity contribution in [1.82, 2.24) is 0 Å². The molecule has 0 nitrogen and oxygen atoms in total. The van der Waals surface area contributed by atoms with Crippen molar-refractivity contribution in [3.8, 4) is 0 Å². The van der Waals surface area contributed by atoms with E-state index in [1.54, 1.807) is 6.54 Å². The summed E-state index contributed by atoms with van der Waals surface area (Å²) in [5, 5.41) is 0. The third-order valence-electron chi connectivity index (χ3n) is 2.92. The van der Waals surface area contributed by atoms with Gasteiger partial charge in [0.1, 0.15) is 0 Å². The normalized spacial score (nSPS) is 10.7. The van der Waals surface area contributed by atoms with Crippen molar-refractivity contribution in [3.63, 3.8) is 0 Å². The van der Waals surface area contributed by atoms with Crippen LogP contribution in [0.4, 0.5) is 0 Å². The molecule has 0 aliphatic rings. The Kier molecular flexibility index (Phi) is 4.89. The molecule has 0 aliphatic carbocycles. The van der Waals surface area contributed by atoms with Crippen molar-refractivity contribution >= 4 is 35.3 Å². The molecule has 2 heteroatoms. The zero-order valence-corrected chi connectivity index (χ0v) is 15.3. The topological polar surface area (TPSA) is 0 Å². The van der Waals surface area contributed by atoms with Crippen LogP contribution in [0, 0.1) is 0 Å². The molecular formula is C18H15BiS. The SMILES string of the molecule is c1ccc([S][Bi]([c]2ccccc2)[c]2ccccc2)cc1. The van der Waals surface area contributed by atoms with Gasteiger partial charge in [0.2, 0.25) is 0 Å². The quantitative estimate of drug-likeness (QED) is 0.524. The number of hydrogen-bond donors (Lipinski definition) is 0. The summed E-state index contributed by atoms with van der Waals surface area (Å²) in [5.41, 5.74) is 0. The summed E-state index contributed by atoms with van der Waals surface area (Å²) in [7, 11) is 2.10. The van der Waals surface area contributed by atoms with Gasteiger partial charge in [-0.25, -0.2) is 0 Å². The van der Waals surface area contributed by atoms with E-state index in [2.05, 4.69) is 99.5 Å². The Morgan fingerprint density at radius 2 is 0.900 bits per heavy atom. The molecule has 3 aromatic carbocycles. The minimum absolute atomic E-state index is 1.39. The van der Waals surface area contributed by atoms with E-state index in [-0.39, 0.29) is 0 Å². The molecule has 0 heterocycles. The van der Waals surface area contributed by atoms with Crippen molar-refractivity contribution in [3.05, 3.63) is 91.0 Å². The van der Waals surface area contributed by atoms with Crippen LogP contribution in [0.5, 0.6) is 0 Å². The van der Waals surface area contributed by atoms with Gasteiger partial charge in [-0.1, -0.05) is 0 Å². The standard InChI is InChI=1S/C6H6S.2C6H5.Bi/c7-6-4-2-1-3-5-6;2*1-2-4-6-5-3-1;/h1-5,7H;2*1-5H;/q;;;+1/p-1. The third kappa shape index (κ3) is 3.50. The van der Waals surface area contributed by atoms with Crippen LogP contribution in [0.3, 0.4) is 0 Å². The first-order valence-electron chi connectivity index (χ1n) is 6.57. The maximum atomic E-state index is 2.29. The van der Waals surface area contributed by atoms with E-state index < -0.39 is 20.3 Å². The van der Waals surface area contributed by atoms with E-state index >= 15 is 0 Å². The predicted octanol–water partition coefficient (Wildman–Crippen LogP) is 3.58. The van der Waals surface area contributed by atoms with E-state index in [0.29, 0.717) is 0 Å². The summed E-state index contributed by atoms with van der Waals surface area (Å²) in [5.74, 6) is 0. The molecule has 0 unspecified atom stereocenters. The molecule has 0 aromatic heterocycles. The van der Waals surface area contributed by atoms with E-state index in [9.17, 15) is 0 Å². The van der Waals surface area contributed by atoms with Crippen LogP contribution in [0.1, 0.15) is 0 Å². The monoisotopic (exact) mass is 472 g/mol. The molecule has 98 valence electrons. The Labute approximate surface area is 130 Å². The molecule has 0 atom stereocenters. The van der Waals surface area contributed by atoms with Crippen LogP contribution in [0.25, 0.3) is 0 Å². The van der Waals surface area contributed by atoms with Crippen LogP contribution >= 0.6 is 8.52 Å². The van der Waals surface area contributed by atoms with Gasteiger partial charge in [0, 0.05) is 0 Å². The van der Waals surface area contributed by atoms with Crippen molar-refractivity contribution in [2.75, 3.05) is 0 Å². The zero-order valence-electron chi connectivity index (χ0n) is 11.0. The molecule has 0 saturated carbocycles. The maximum absolute atomic E-state index is 2.29. The second kappa shape index (κ2) is 7.06. The van der Waals surface area contributed by atoms with Crippen LogP contribution in [0.2, 0.25) is 0 Å². The fourth-order valence-corrected chi connectivity index (χ4v) is 15.7. The van der Waals surface area contributed by atoms with Gasteiger partial charge in [-0.15, -0.1) is 0 Å². The van der Waals surface area contributed by atoms with Gasteiger partial charge in [-0.3, -0.25) is 0 Å². The van der Waals surface area contributed by atoms with Crippen molar-refractivity contribution in [2.45, 2.75) is 4.90 Å². The predicted molar refractivity (Wildman–Crippen MR) is 90.2 cm³/mol. The molecule has 0 spiro atoms. The zero-order chi connectivity index (χ0) is 13.6. The average Bonchev–Trinajstić information content (AvgIpc) is 2.55. The summed E-state index contributed by atoms with van der Waals surface area (Å²) in [6.07, 6.45) is 0. The number of benzene rings is 3. The van der Waals surface area contributed by atoms with Crippen LogP contribution in [-0.4, -0.2) is 20.3 Å². The summed E-state index contributed by atoms with van der Waals surface area (Å²) >= 11 is -2.00. The van der Waals surface area contributed by atoms with Crippen LogP contribution in [-0.2, 0) is 0 Å². The summed E-state index contributed by atoms with van der Waals surface area (Å²) in [6.45, 7) is 0. The van der Waals surface area contributed by atoms with E-state index in [1.807, 2.05) is 0 Å². The van der Waals surface area contributed by atoms with Gasteiger partial charge in [0.15, 0.2) is 0 Å². The van der Waals surface area contributed by atoms with E-state index in [4.69, 9.17) is 0 Å². The molecule has 0 saturated heterocycles. The molecule has 3 aromatic rings. The third-order valence-corrected chi connectivity index (χ3v) is 17.8. The van der Waals surface area contributed by atoms with Crippen LogP contribution < -0.4 is 6.54 Å². The van der Waals surface area contributed by atoms with Gasteiger partial charge in [0.05, 0.1) is 0 Å². The molecular weight excluding hydrogens is 457 g/mol.